The van der Waals surface area contributed by atoms with Gasteiger partial charge in [-0.15, -0.1) is 0 Å². The fraction of sp³-hybridized carbons (Fsp3) is 0.500. The van der Waals surface area contributed by atoms with Crippen LogP contribution in [0.15, 0.2) is 6.07 Å². The molecule has 1 N–H and O–H groups in total. The highest BCUT2D eigenvalue weighted by Crippen LogP contribution is 2.25. The first-order chi connectivity index (χ1) is 6.07. The van der Waals surface area contributed by atoms with Gasteiger partial charge in [-0.2, -0.15) is 0 Å². The van der Waals surface area contributed by atoms with Crippen LogP contribution in [-0.4, -0.2) is 6.54 Å². The molecule has 0 amide bonds. The van der Waals surface area contributed by atoms with E-state index in [2.05, 4.69) is 46.0 Å². The molecule has 13 heavy (non-hydrogen) atoms. The highest BCUT2D eigenvalue weighted by Gasteiger charge is 2.06. The van der Waals surface area contributed by atoms with Gasteiger partial charge in [0.1, 0.15) is 0 Å². The highest BCUT2D eigenvalue weighted by atomic mass is 14.9. The molecule has 0 aliphatic heterocycles. The number of nitrogens with one attached hydrogen (secondary N) is 1. The smallest absolute Gasteiger partial charge is 0.0402 e. The summed E-state index contributed by atoms with van der Waals surface area (Å²) >= 11 is 0. The molecule has 72 valence electrons. The van der Waals surface area contributed by atoms with E-state index in [1.54, 1.807) is 0 Å². The Balaban J connectivity index is 3.26. The summed E-state index contributed by atoms with van der Waals surface area (Å²) in [6.45, 7) is 11.8. The second kappa shape index (κ2) is 3.82. The van der Waals surface area contributed by atoms with Crippen LogP contribution in [0.25, 0.3) is 0 Å². The molecule has 0 atom stereocenters. The summed E-state index contributed by atoms with van der Waals surface area (Å²) in [5.74, 6) is 0. The van der Waals surface area contributed by atoms with Crippen LogP contribution in [0.2, 0.25) is 0 Å². The third-order valence-electron chi connectivity index (χ3n) is 2.71. The fourth-order valence-corrected chi connectivity index (χ4v) is 1.73. The quantitative estimate of drug-likeness (QED) is 0.730. The molecule has 0 fully saturated rings. The van der Waals surface area contributed by atoms with Gasteiger partial charge in [-0.25, -0.2) is 0 Å². The minimum atomic E-state index is 0.990. The number of anilines is 1. The van der Waals surface area contributed by atoms with Crippen LogP contribution < -0.4 is 5.32 Å². The summed E-state index contributed by atoms with van der Waals surface area (Å²) in [4.78, 5) is 0. The molecule has 0 saturated carbocycles. The van der Waals surface area contributed by atoms with Crippen molar-refractivity contribution in [1.29, 1.82) is 0 Å². The number of aryl methyl sites for hydroxylation is 2. The van der Waals surface area contributed by atoms with Crippen LogP contribution in [0.4, 0.5) is 5.69 Å². The molecule has 0 aliphatic rings. The molecule has 0 saturated heterocycles. The van der Waals surface area contributed by atoms with Gasteiger partial charge >= 0.3 is 0 Å². The van der Waals surface area contributed by atoms with Crippen molar-refractivity contribution in [1.82, 2.24) is 0 Å². The Morgan fingerprint density at radius 2 is 1.62 bits per heavy atom. The Hall–Kier alpha value is -0.980. The molecule has 0 heterocycles. The van der Waals surface area contributed by atoms with Crippen molar-refractivity contribution in [3.05, 3.63) is 28.3 Å². The molecule has 1 aromatic carbocycles. The van der Waals surface area contributed by atoms with Crippen molar-refractivity contribution in [3.8, 4) is 0 Å². The van der Waals surface area contributed by atoms with E-state index in [0.717, 1.165) is 6.54 Å². The Bertz CT molecular complexity index is 313. The predicted molar refractivity (Wildman–Crippen MR) is 59.6 cm³/mol. The van der Waals surface area contributed by atoms with Crippen LogP contribution in [0.5, 0.6) is 0 Å². The van der Waals surface area contributed by atoms with Gasteiger partial charge in [-0.3, -0.25) is 0 Å². The molecule has 1 rings (SSSR count). The van der Waals surface area contributed by atoms with Crippen molar-refractivity contribution in [2.45, 2.75) is 34.6 Å². The molecule has 0 aromatic heterocycles. The summed E-state index contributed by atoms with van der Waals surface area (Å²) in [6.07, 6.45) is 0. The highest BCUT2D eigenvalue weighted by molar-refractivity contribution is 5.61. The van der Waals surface area contributed by atoms with E-state index in [9.17, 15) is 0 Å². The van der Waals surface area contributed by atoms with Crippen LogP contribution in [0, 0.1) is 27.7 Å². The van der Waals surface area contributed by atoms with Crippen molar-refractivity contribution in [2.75, 3.05) is 11.9 Å². The summed E-state index contributed by atoms with van der Waals surface area (Å²) < 4.78 is 0. The third-order valence-corrected chi connectivity index (χ3v) is 2.71. The first-order valence-corrected chi connectivity index (χ1v) is 4.89. The minimum absolute atomic E-state index is 0.990. The zero-order valence-corrected chi connectivity index (χ0v) is 9.28. The van der Waals surface area contributed by atoms with Crippen LogP contribution >= 0.6 is 0 Å². The van der Waals surface area contributed by atoms with Gasteiger partial charge in [0.2, 0.25) is 0 Å². The summed E-state index contributed by atoms with van der Waals surface area (Å²) in [5.41, 5.74) is 6.84. The zero-order chi connectivity index (χ0) is 10.0. The van der Waals surface area contributed by atoms with Crippen molar-refractivity contribution in [2.24, 2.45) is 0 Å². The molecule has 1 heteroatoms. The van der Waals surface area contributed by atoms with Gasteiger partial charge in [0.15, 0.2) is 0 Å². The lowest BCUT2D eigenvalue weighted by atomic mass is 9.98. The molecule has 0 spiro atoms. The molecule has 0 radical (unpaired) electrons. The lowest BCUT2D eigenvalue weighted by Gasteiger charge is -2.15. The fourth-order valence-electron chi connectivity index (χ4n) is 1.73. The molecule has 0 bridgehead atoms. The zero-order valence-electron chi connectivity index (χ0n) is 9.28. The predicted octanol–water partition coefficient (Wildman–Crippen LogP) is 3.35. The molecule has 0 aliphatic carbocycles. The molecular weight excluding hydrogens is 158 g/mol. The second-order valence-electron chi connectivity index (χ2n) is 3.67. The van der Waals surface area contributed by atoms with E-state index in [4.69, 9.17) is 0 Å². The second-order valence-corrected chi connectivity index (χ2v) is 3.67. The average molecular weight is 177 g/mol. The van der Waals surface area contributed by atoms with Crippen molar-refractivity contribution in [3.63, 3.8) is 0 Å². The van der Waals surface area contributed by atoms with Crippen molar-refractivity contribution >= 4 is 5.69 Å². The number of benzene rings is 1. The first kappa shape index (κ1) is 10.1. The maximum Gasteiger partial charge on any atom is 0.0402 e. The van der Waals surface area contributed by atoms with E-state index in [-0.39, 0.29) is 0 Å². The van der Waals surface area contributed by atoms with Crippen LogP contribution in [0.3, 0.4) is 0 Å². The minimum Gasteiger partial charge on any atom is -0.385 e. The third kappa shape index (κ3) is 1.85. The van der Waals surface area contributed by atoms with Crippen LogP contribution in [0.1, 0.15) is 29.2 Å². The standard InChI is InChI=1S/C12H19N/c1-6-13-12-9(3)7-8(2)10(4)11(12)5/h7,13H,6H2,1-5H3. The van der Waals surface area contributed by atoms with Crippen molar-refractivity contribution < 1.29 is 0 Å². The van der Waals surface area contributed by atoms with E-state index in [1.165, 1.54) is 27.9 Å². The molecule has 1 aromatic rings. The molecule has 0 unspecified atom stereocenters. The van der Waals surface area contributed by atoms with Gasteiger partial charge in [0.05, 0.1) is 0 Å². The maximum absolute atomic E-state index is 3.41. The van der Waals surface area contributed by atoms with Gasteiger partial charge in [0, 0.05) is 12.2 Å². The summed E-state index contributed by atoms with van der Waals surface area (Å²) in [7, 11) is 0. The van der Waals surface area contributed by atoms with E-state index in [0.29, 0.717) is 0 Å². The lowest BCUT2D eigenvalue weighted by Crippen LogP contribution is -2.03. The molecule has 1 nitrogen and oxygen atoms in total. The monoisotopic (exact) mass is 177 g/mol. The maximum atomic E-state index is 3.41. The Morgan fingerprint density at radius 3 is 2.15 bits per heavy atom. The number of rotatable bonds is 2. The number of hydrogen-bond donors (Lipinski definition) is 1. The normalized spacial score (nSPS) is 10.2. The summed E-state index contributed by atoms with van der Waals surface area (Å²) in [6, 6.07) is 2.25. The SMILES string of the molecule is CCNc1c(C)cc(C)c(C)c1C. The van der Waals surface area contributed by atoms with E-state index >= 15 is 0 Å². The Morgan fingerprint density at radius 1 is 1.00 bits per heavy atom. The Kier molecular flexibility index (Phi) is 2.97. The van der Waals surface area contributed by atoms with E-state index < -0.39 is 0 Å². The van der Waals surface area contributed by atoms with Gasteiger partial charge < -0.3 is 5.32 Å². The molecular formula is C12H19N. The van der Waals surface area contributed by atoms with Gasteiger partial charge in [0.25, 0.3) is 0 Å². The average Bonchev–Trinajstić information content (AvgIpc) is 2.09. The largest absolute Gasteiger partial charge is 0.385 e. The van der Waals surface area contributed by atoms with Gasteiger partial charge in [-0.05, 0) is 56.9 Å². The summed E-state index contributed by atoms with van der Waals surface area (Å²) in [5, 5.41) is 3.41. The lowest BCUT2D eigenvalue weighted by molar-refractivity contribution is 1.15. The van der Waals surface area contributed by atoms with Crippen LogP contribution in [-0.2, 0) is 0 Å². The first-order valence-electron chi connectivity index (χ1n) is 4.89. The van der Waals surface area contributed by atoms with Gasteiger partial charge in [-0.1, -0.05) is 6.07 Å². The number of hydrogen-bond acceptors (Lipinski definition) is 1. The Labute approximate surface area is 81.2 Å². The topological polar surface area (TPSA) is 12.0 Å². The van der Waals surface area contributed by atoms with E-state index in [1.807, 2.05) is 0 Å².